The number of carbonyl (C=O) groups is 1. The fourth-order valence-corrected chi connectivity index (χ4v) is 3.67. The van der Waals surface area contributed by atoms with Gasteiger partial charge in [-0.2, -0.15) is 0 Å². The summed E-state index contributed by atoms with van der Waals surface area (Å²) < 4.78 is 0. The van der Waals surface area contributed by atoms with Crippen molar-refractivity contribution in [3.8, 4) is 0 Å². The molecule has 0 aromatic heterocycles. The van der Waals surface area contributed by atoms with E-state index in [0.717, 1.165) is 19.5 Å². The van der Waals surface area contributed by atoms with Gasteiger partial charge in [-0.15, -0.1) is 0 Å². The van der Waals surface area contributed by atoms with Gasteiger partial charge in [-0.05, 0) is 63.5 Å². The summed E-state index contributed by atoms with van der Waals surface area (Å²) in [4.78, 5) is 12.3. The molecule has 0 aliphatic carbocycles. The summed E-state index contributed by atoms with van der Waals surface area (Å²) in [6, 6.07) is 0. The number of nitrogens with one attached hydrogen (secondary N) is 2. The van der Waals surface area contributed by atoms with Gasteiger partial charge in [0.05, 0.1) is 0 Å². The Bertz CT molecular complexity index is 311. The van der Waals surface area contributed by atoms with Gasteiger partial charge in [0.1, 0.15) is 0 Å². The summed E-state index contributed by atoms with van der Waals surface area (Å²) >= 11 is 0. The molecule has 1 saturated heterocycles. The van der Waals surface area contributed by atoms with Gasteiger partial charge in [-0.1, -0.05) is 27.7 Å². The zero-order valence-corrected chi connectivity index (χ0v) is 14.3. The molecule has 0 bridgehead atoms. The van der Waals surface area contributed by atoms with Gasteiger partial charge in [-0.25, -0.2) is 0 Å². The van der Waals surface area contributed by atoms with Crippen LogP contribution in [0.4, 0.5) is 0 Å². The Labute approximate surface area is 125 Å². The molecule has 1 aliphatic heterocycles. The van der Waals surface area contributed by atoms with Crippen LogP contribution in [0.15, 0.2) is 0 Å². The highest BCUT2D eigenvalue weighted by molar-refractivity contribution is 5.76. The van der Waals surface area contributed by atoms with Crippen molar-refractivity contribution >= 4 is 5.91 Å². The van der Waals surface area contributed by atoms with Crippen LogP contribution >= 0.6 is 0 Å². The SMILES string of the molecule is CC(CC(=O)NC(C)(C)CC(C)(C)C)C1CCNCC1. The monoisotopic (exact) mass is 282 g/mol. The number of rotatable bonds is 5. The van der Waals surface area contributed by atoms with Gasteiger partial charge < -0.3 is 10.6 Å². The van der Waals surface area contributed by atoms with E-state index < -0.39 is 0 Å². The number of piperidine rings is 1. The maximum atomic E-state index is 12.3. The van der Waals surface area contributed by atoms with Gasteiger partial charge in [-0.3, -0.25) is 4.79 Å². The molecule has 1 heterocycles. The number of amides is 1. The third-order valence-corrected chi connectivity index (χ3v) is 4.15. The minimum absolute atomic E-state index is 0.122. The van der Waals surface area contributed by atoms with Crippen molar-refractivity contribution in [2.24, 2.45) is 17.3 Å². The number of hydrogen-bond acceptors (Lipinski definition) is 2. The van der Waals surface area contributed by atoms with Crippen LogP contribution in [0.1, 0.15) is 67.2 Å². The van der Waals surface area contributed by atoms with E-state index in [4.69, 9.17) is 0 Å². The van der Waals surface area contributed by atoms with Crippen molar-refractivity contribution in [2.75, 3.05) is 13.1 Å². The van der Waals surface area contributed by atoms with E-state index in [1.165, 1.54) is 12.8 Å². The van der Waals surface area contributed by atoms with E-state index >= 15 is 0 Å². The topological polar surface area (TPSA) is 41.1 Å². The molecule has 118 valence electrons. The maximum absolute atomic E-state index is 12.3. The van der Waals surface area contributed by atoms with Crippen LogP contribution in [0.25, 0.3) is 0 Å². The predicted octanol–water partition coefficient (Wildman–Crippen LogP) is 3.34. The van der Waals surface area contributed by atoms with E-state index in [0.29, 0.717) is 18.3 Å². The molecule has 1 amide bonds. The summed E-state index contributed by atoms with van der Waals surface area (Å²) in [7, 11) is 0. The lowest BCUT2D eigenvalue weighted by Gasteiger charge is -2.34. The molecular formula is C17H34N2O. The Balaban J connectivity index is 2.42. The minimum Gasteiger partial charge on any atom is -0.351 e. The standard InChI is InChI=1S/C17H34N2O/c1-13(14-7-9-18-10-8-14)11-15(20)19-17(5,6)12-16(2,3)4/h13-14,18H,7-12H2,1-6H3,(H,19,20). The molecular weight excluding hydrogens is 248 g/mol. The smallest absolute Gasteiger partial charge is 0.220 e. The molecule has 3 heteroatoms. The first-order valence-electron chi connectivity index (χ1n) is 8.11. The van der Waals surface area contributed by atoms with Gasteiger partial charge in [0, 0.05) is 12.0 Å². The van der Waals surface area contributed by atoms with E-state index in [-0.39, 0.29) is 16.9 Å². The van der Waals surface area contributed by atoms with Crippen molar-refractivity contribution in [2.45, 2.75) is 72.8 Å². The van der Waals surface area contributed by atoms with Gasteiger partial charge in [0.2, 0.25) is 5.91 Å². The Hall–Kier alpha value is -0.570. The van der Waals surface area contributed by atoms with Crippen LogP contribution in [-0.2, 0) is 4.79 Å². The van der Waals surface area contributed by atoms with Gasteiger partial charge in [0.15, 0.2) is 0 Å². The second-order valence-corrected chi connectivity index (χ2v) is 8.44. The highest BCUT2D eigenvalue weighted by Gasteiger charge is 2.28. The fourth-order valence-electron chi connectivity index (χ4n) is 3.67. The third kappa shape index (κ3) is 6.74. The molecule has 1 unspecified atom stereocenters. The first kappa shape index (κ1) is 17.5. The molecule has 0 aromatic carbocycles. The predicted molar refractivity (Wildman–Crippen MR) is 85.7 cm³/mol. The summed E-state index contributed by atoms with van der Waals surface area (Å²) in [5.74, 6) is 1.40. The summed E-state index contributed by atoms with van der Waals surface area (Å²) in [6.07, 6.45) is 4.07. The average Bonchev–Trinajstić information content (AvgIpc) is 2.25. The number of carbonyl (C=O) groups excluding carboxylic acids is 1. The molecule has 2 N–H and O–H groups in total. The van der Waals surface area contributed by atoms with Crippen molar-refractivity contribution in [3.63, 3.8) is 0 Å². The molecule has 0 saturated carbocycles. The molecule has 1 fully saturated rings. The van der Waals surface area contributed by atoms with Crippen LogP contribution in [-0.4, -0.2) is 24.5 Å². The Morgan fingerprint density at radius 1 is 1.20 bits per heavy atom. The largest absolute Gasteiger partial charge is 0.351 e. The average molecular weight is 282 g/mol. The quantitative estimate of drug-likeness (QED) is 0.812. The van der Waals surface area contributed by atoms with E-state index in [1.54, 1.807) is 0 Å². The first-order valence-corrected chi connectivity index (χ1v) is 8.11. The minimum atomic E-state index is -0.122. The van der Waals surface area contributed by atoms with Crippen LogP contribution in [0, 0.1) is 17.3 Å². The number of hydrogen-bond donors (Lipinski definition) is 2. The summed E-state index contributed by atoms with van der Waals surface area (Å²) in [5, 5.41) is 6.61. The highest BCUT2D eigenvalue weighted by Crippen LogP contribution is 2.28. The Morgan fingerprint density at radius 3 is 2.25 bits per heavy atom. The zero-order valence-electron chi connectivity index (χ0n) is 14.3. The van der Waals surface area contributed by atoms with Crippen molar-refractivity contribution in [3.05, 3.63) is 0 Å². The molecule has 1 atom stereocenters. The van der Waals surface area contributed by atoms with Crippen LogP contribution in [0.3, 0.4) is 0 Å². The van der Waals surface area contributed by atoms with Crippen LogP contribution in [0.5, 0.6) is 0 Å². The van der Waals surface area contributed by atoms with Crippen molar-refractivity contribution in [1.29, 1.82) is 0 Å². The lowest BCUT2D eigenvalue weighted by atomic mass is 9.81. The van der Waals surface area contributed by atoms with E-state index in [9.17, 15) is 4.79 Å². The Kier molecular flexibility index (Phi) is 6.06. The van der Waals surface area contributed by atoms with Gasteiger partial charge in [0.25, 0.3) is 0 Å². The molecule has 0 spiro atoms. The van der Waals surface area contributed by atoms with Crippen molar-refractivity contribution < 1.29 is 4.79 Å². The highest BCUT2D eigenvalue weighted by atomic mass is 16.1. The van der Waals surface area contributed by atoms with Gasteiger partial charge >= 0.3 is 0 Å². The summed E-state index contributed by atoms with van der Waals surface area (Å²) in [5.41, 5.74) is 0.112. The van der Waals surface area contributed by atoms with E-state index in [2.05, 4.69) is 52.2 Å². The van der Waals surface area contributed by atoms with Crippen molar-refractivity contribution in [1.82, 2.24) is 10.6 Å². The molecule has 20 heavy (non-hydrogen) atoms. The second kappa shape index (κ2) is 6.93. The zero-order chi connectivity index (χ0) is 15.4. The lowest BCUT2D eigenvalue weighted by Crippen LogP contribution is -2.46. The Morgan fingerprint density at radius 2 is 1.75 bits per heavy atom. The summed E-state index contributed by atoms with van der Waals surface area (Å²) in [6.45, 7) is 15.4. The molecule has 1 aliphatic rings. The fraction of sp³-hybridized carbons (Fsp3) is 0.941. The lowest BCUT2D eigenvalue weighted by molar-refractivity contribution is -0.124. The van der Waals surface area contributed by atoms with Crippen LogP contribution in [0.2, 0.25) is 0 Å². The molecule has 0 aromatic rings. The van der Waals surface area contributed by atoms with Crippen LogP contribution < -0.4 is 10.6 Å². The second-order valence-electron chi connectivity index (χ2n) is 8.44. The molecule has 3 nitrogen and oxygen atoms in total. The van der Waals surface area contributed by atoms with E-state index in [1.807, 2.05) is 0 Å². The third-order valence-electron chi connectivity index (χ3n) is 4.15. The maximum Gasteiger partial charge on any atom is 0.220 e. The normalized spacial score (nSPS) is 19.7. The first-order chi connectivity index (χ1) is 9.09. The molecule has 0 radical (unpaired) electrons. The molecule has 1 rings (SSSR count).